The van der Waals surface area contributed by atoms with Gasteiger partial charge in [0.25, 0.3) is 0 Å². The number of nitrogens with zero attached hydrogens (tertiary/aromatic N) is 2. The van der Waals surface area contributed by atoms with Gasteiger partial charge < -0.3 is 5.32 Å². The first-order valence-electron chi connectivity index (χ1n) is 7.84. The van der Waals surface area contributed by atoms with Gasteiger partial charge in [0.15, 0.2) is 0 Å². The van der Waals surface area contributed by atoms with Crippen LogP contribution in [0.2, 0.25) is 0 Å². The van der Waals surface area contributed by atoms with E-state index in [-0.39, 0.29) is 11.7 Å². The van der Waals surface area contributed by atoms with Gasteiger partial charge >= 0.3 is 0 Å². The van der Waals surface area contributed by atoms with Gasteiger partial charge in [-0.15, -0.1) is 0 Å². The molecule has 25 heavy (non-hydrogen) atoms. The first-order valence-corrected chi connectivity index (χ1v) is 8.63. The van der Waals surface area contributed by atoms with Gasteiger partial charge in [0.05, 0.1) is 5.69 Å². The molecule has 0 aliphatic rings. The van der Waals surface area contributed by atoms with Crippen LogP contribution in [-0.2, 0) is 11.2 Å². The first-order chi connectivity index (χ1) is 12.1. The molecule has 4 nitrogen and oxygen atoms in total. The van der Waals surface area contributed by atoms with E-state index >= 15 is 0 Å². The number of aromatic nitrogens is 2. The quantitative estimate of drug-likeness (QED) is 0.702. The van der Waals surface area contributed by atoms with E-state index in [1.54, 1.807) is 30.1 Å². The molecule has 0 saturated heterocycles. The van der Waals surface area contributed by atoms with Crippen molar-refractivity contribution in [3.05, 3.63) is 76.6 Å². The molecule has 1 atom stereocenters. The second-order valence-corrected chi connectivity index (χ2v) is 6.57. The minimum Gasteiger partial charge on any atom is -0.357 e. The summed E-state index contributed by atoms with van der Waals surface area (Å²) in [6.45, 7) is 0. The number of carbonyl (C=O) groups excluding carboxylic acids is 1. The zero-order valence-corrected chi connectivity index (χ0v) is 15.2. The Balaban J connectivity index is 1.89. The lowest BCUT2D eigenvalue weighted by molar-refractivity contribution is -0.124. The van der Waals surface area contributed by atoms with Crippen molar-refractivity contribution in [2.75, 3.05) is 7.05 Å². The van der Waals surface area contributed by atoms with E-state index < -0.39 is 6.04 Å². The van der Waals surface area contributed by atoms with Crippen LogP contribution in [0.25, 0.3) is 11.3 Å². The van der Waals surface area contributed by atoms with Crippen LogP contribution in [0.4, 0.5) is 4.39 Å². The van der Waals surface area contributed by atoms with Crippen LogP contribution in [0.5, 0.6) is 0 Å². The maximum Gasteiger partial charge on any atom is 0.244 e. The summed E-state index contributed by atoms with van der Waals surface area (Å²) in [6.07, 6.45) is 2.29. The predicted molar refractivity (Wildman–Crippen MR) is 98.6 cm³/mol. The Morgan fingerprint density at radius 3 is 2.68 bits per heavy atom. The molecule has 0 fully saturated rings. The summed E-state index contributed by atoms with van der Waals surface area (Å²) in [5, 5.41) is 7.21. The van der Waals surface area contributed by atoms with E-state index in [1.807, 2.05) is 30.3 Å². The van der Waals surface area contributed by atoms with Gasteiger partial charge in [-0.3, -0.25) is 9.48 Å². The fourth-order valence-corrected chi connectivity index (χ4v) is 3.09. The maximum absolute atomic E-state index is 13.1. The van der Waals surface area contributed by atoms with Crippen molar-refractivity contribution >= 4 is 21.8 Å². The Morgan fingerprint density at radius 2 is 2.00 bits per heavy atom. The topological polar surface area (TPSA) is 46.9 Å². The van der Waals surface area contributed by atoms with E-state index in [0.717, 1.165) is 15.6 Å². The Morgan fingerprint density at radius 1 is 1.24 bits per heavy atom. The fraction of sp³-hybridized carbons (Fsp3) is 0.158. The van der Waals surface area contributed by atoms with Gasteiger partial charge in [0.1, 0.15) is 11.9 Å². The number of hydrogen-bond donors (Lipinski definition) is 1. The number of nitrogens with one attached hydrogen (secondary N) is 1. The van der Waals surface area contributed by atoms with Crippen LogP contribution < -0.4 is 5.32 Å². The van der Waals surface area contributed by atoms with Crippen molar-refractivity contribution in [3.8, 4) is 11.3 Å². The Hall–Kier alpha value is -2.47. The summed E-state index contributed by atoms with van der Waals surface area (Å²) >= 11 is 3.45. The fourth-order valence-electron chi connectivity index (χ4n) is 2.65. The summed E-state index contributed by atoms with van der Waals surface area (Å²) in [6, 6.07) is 15.3. The molecule has 1 aromatic heterocycles. The summed E-state index contributed by atoms with van der Waals surface area (Å²) < 4.78 is 15.7. The monoisotopic (exact) mass is 401 g/mol. The van der Waals surface area contributed by atoms with Crippen LogP contribution in [-0.4, -0.2) is 22.7 Å². The molecule has 1 amide bonds. The molecule has 3 rings (SSSR count). The van der Waals surface area contributed by atoms with E-state index in [2.05, 4.69) is 26.3 Å². The van der Waals surface area contributed by atoms with Crippen molar-refractivity contribution < 1.29 is 9.18 Å². The second kappa shape index (κ2) is 7.61. The highest BCUT2D eigenvalue weighted by atomic mass is 79.9. The van der Waals surface area contributed by atoms with Crippen molar-refractivity contribution in [2.24, 2.45) is 0 Å². The number of carbonyl (C=O) groups is 1. The summed E-state index contributed by atoms with van der Waals surface area (Å²) in [5.41, 5.74) is 2.53. The van der Waals surface area contributed by atoms with Crippen LogP contribution in [0, 0.1) is 5.82 Å². The highest BCUT2D eigenvalue weighted by molar-refractivity contribution is 9.10. The Kier molecular flexibility index (Phi) is 5.28. The number of likely N-dealkylation sites (N-methyl/N-ethyl adjacent to an activating group) is 1. The molecule has 0 aliphatic heterocycles. The standard InChI is InChI=1S/C19H17BrFN3O/c1-22-19(25)18(12-13-3-2-4-15(20)11-13)24-10-9-17(23-24)14-5-7-16(21)8-6-14/h2-11,18H,12H2,1H3,(H,22,25). The number of halogens is 2. The summed E-state index contributed by atoms with van der Waals surface area (Å²) in [4.78, 5) is 12.4. The molecular weight excluding hydrogens is 385 g/mol. The molecular formula is C19H17BrFN3O. The molecule has 0 saturated carbocycles. The smallest absolute Gasteiger partial charge is 0.244 e. The van der Waals surface area contributed by atoms with Crippen molar-refractivity contribution in [1.82, 2.24) is 15.1 Å². The van der Waals surface area contributed by atoms with Gasteiger partial charge in [-0.25, -0.2) is 4.39 Å². The van der Waals surface area contributed by atoms with Gasteiger partial charge in [0.2, 0.25) is 5.91 Å². The van der Waals surface area contributed by atoms with Crippen LogP contribution in [0.1, 0.15) is 11.6 Å². The highest BCUT2D eigenvalue weighted by Crippen LogP contribution is 2.22. The normalized spacial score (nSPS) is 12.0. The molecule has 1 heterocycles. The molecule has 3 aromatic rings. The minimum absolute atomic E-state index is 0.117. The van der Waals surface area contributed by atoms with E-state index in [4.69, 9.17) is 0 Å². The Labute approximate surface area is 153 Å². The number of benzene rings is 2. The van der Waals surface area contributed by atoms with E-state index in [1.165, 1.54) is 12.1 Å². The lowest BCUT2D eigenvalue weighted by Crippen LogP contribution is -2.31. The van der Waals surface area contributed by atoms with Crippen LogP contribution in [0.3, 0.4) is 0 Å². The van der Waals surface area contributed by atoms with Gasteiger partial charge in [-0.2, -0.15) is 5.10 Å². The largest absolute Gasteiger partial charge is 0.357 e. The van der Waals surface area contributed by atoms with Crippen molar-refractivity contribution in [1.29, 1.82) is 0 Å². The molecule has 2 aromatic carbocycles. The number of rotatable bonds is 5. The summed E-state index contributed by atoms with van der Waals surface area (Å²) in [5.74, 6) is -0.408. The number of amides is 1. The van der Waals surface area contributed by atoms with Crippen LogP contribution >= 0.6 is 15.9 Å². The third-order valence-corrected chi connectivity index (χ3v) is 4.43. The first kappa shape index (κ1) is 17.4. The average Bonchev–Trinajstić information content (AvgIpc) is 3.09. The van der Waals surface area contributed by atoms with Gasteiger partial charge in [-0.05, 0) is 48.0 Å². The molecule has 0 spiro atoms. The van der Waals surface area contributed by atoms with Crippen molar-refractivity contribution in [3.63, 3.8) is 0 Å². The maximum atomic E-state index is 13.1. The van der Waals surface area contributed by atoms with Crippen LogP contribution in [0.15, 0.2) is 65.3 Å². The molecule has 0 radical (unpaired) electrons. The SMILES string of the molecule is CNC(=O)C(Cc1cccc(Br)c1)n1ccc(-c2ccc(F)cc2)n1. The average molecular weight is 402 g/mol. The predicted octanol–water partition coefficient (Wildman–Crippen LogP) is 3.98. The lowest BCUT2D eigenvalue weighted by Gasteiger charge is -2.16. The third kappa shape index (κ3) is 4.14. The molecule has 6 heteroatoms. The highest BCUT2D eigenvalue weighted by Gasteiger charge is 2.21. The van der Waals surface area contributed by atoms with E-state index in [9.17, 15) is 9.18 Å². The Bertz CT molecular complexity index is 876. The molecule has 0 bridgehead atoms. The second-order valence-electron chi connectivity index (χ2n) is 5.65. The molecule has 128 valence electrons. The molecule has 0 aliphatic carbocycles. The van der Waals surface area contributed by atoms with Gasteiger partial charge in [-0.1, -0.05) is 28.1 Å². The minimum atomic E-state index is -0.464. The lowest BCUT2D eigenvalue weighted by atomic mass is 10.1. The third-order valence-electron chi connectivity index (χ3n) is 3.93. The molecule has 1 N–H and O–H groups in total. The van der Waals surface area contributed by atoms with Crippen molar-refractivity contribution in [2.45, 2.75) is 12.5 Å². The van der Waals surface area contributed by atoms with E-state index in [0.29, 0.717) is 12.1 Å². The summed E-state index contributed by atoms with van der Waals surface area (Å²) in [7, 11) is 1.61. The zero-order valence-electron chi connectivity index (χ0n) is 13.6. The molecule has 1 unspecified atom stereocenters. The van der Waals surface area contributed by atoms with Gasteiger partial charge in [0, 0.05) is 29.7 Å². The number of hydrogen-bond acceptors (Lipinski definition) is 2. The zero-order chi connectivity index (χ0) is 17.8.